The van der Waals surface area contributed by atoms with E-state index in [2.05, 4.69) is 11.6 Å². The molecule has 0 spiro atoms. The van der Waals surface area contributed by atoms with Gasteiger partial charge in [-0.1, -0.05) is 18.2 Å². The molecule has 0 unspecified atom stereocenters. The van der Waals surface area contributed by atoms with Gasteiger partial charge in [0, 0.05) is 5.56 Å². The summed E-state index contributed by atoms with van der Waals surface area (Å²) in [5, 5.41) is 0. The Morgan fingerprint density at radius 1 is 1.25 bits per heavy atom. The van der Waals surface area contributed by atoms with Crippen LogP contribution in [0.5, 0.6) is 0 Å². The Balaban J connectivity index is 3.37. The Morgan fingerprint density at radius 2 is 1.75 bits per heavy atom. The number of rotatable bonds is 2. The van der Waals surface area contributed by atoms with Crippen LogP contribution in [-0.2, 0) is 4.79 Å². The van der Waals surface area contributed by atoms with E-state index in [0.717, 1.165) is 22.3 Å². The first-order valence-electron chi connectivity index (χ1n) is 4.87. The van der Waals surface area contributed by atoms with Gasteiger partial charge in [-0.05, 0) is 43.5 Å². The van der Waals surface area contributed by atoms with Gasteiger partial charge < -0.3 is 0 Å². The van der Waals surface area contributed by atoms with Crippen LogP contribution >= 0.6 is 0 Å². The van der Waals surface area contributed by atoms with Gasteiger partial charge in [-0.3, -0.25) is 4.79 Å². The van der Waals surface area contributed by atoms with Gasteiger partial charge in [-0.25, -0.2) is 4.79 Å². The molecule has 0 bridgehead atoms. The summed E-state index contributed by atoms with van der Waals surface area (Å²) >= 11 is 0. The summed E-state index contributed by atoms with van der Waals surface area (Å²) in [5.41, 5.74) is 4.21. The van der Waals surface area contributed by atoms with E-state index < -0.39 is 5.91 Å². The molecule has 3 nitrogen and oxygen atoms in total. The summed E-state index contributed by atoms with van der Waals surface area (Å²) in [6.07, 6.45) is 1.26. The average molecular weight is 215 g/mol. The smallest absolute Gasteiger partial charge is 0.266 e. The second kappa shape index (κ2) is 4.69. The second-order valence-corrected chi connectivity index (χ2v) is 3.70. The molecule has 0 atom stereocenters. The van der Waals surface area contributed by atoms with E-state index in [1.54, 1.807) is 6.07 Å². The summed E-state index contributed by atoms with van der Waals surface area (Å²) < 4.78 is 0. The van der Waals surface area contributed by atoms with E-state index in [9.17, 15) is 9.59 Å². The summed E-state index contributed by atoms with van der Waals surface area (Å²) in [6, 6.07) is 3.48. The van der Waals surface area contributed by atoms with Crippen LogP contribution < -0.4 is 0 Å². The van der Waals surface area contributed by atoms with Gasteiger partial charge in [0.2, 0.25) is 6.08 Å². The molecule has 0 aliphatic carbocycles. The fourth-order valence-electron chi connectivity index (χ4n) is 1.62. The Labute approximate surface area is 94.5 Å². The molecule has 0 fully saturated rings. The standard InChI is InChI=1S/C13H13NO2/c1-8(2)11-5-6-12(10(4)9(11)3)13(16)14-7-15/h5-6H,1H2,2-4H3. The minimum atomic E-state index is -0.552. The van der Waals surface area contributed by atoms with Crippen molar-refractivity contribution in [1.82, 2.24) is 0 Å². The molecule has 0 N–H and O–H groups in total. The molecule has 0 saturated carbocycles. The Morgan fingerprint density at radius 3 is 2.25 bits per heavy atom. The fourth-order valence-corrected chi connectivity index (χ4v) is 1.62. The molecule has 1 aromatic carbocycles. The third-order valence-corrected chi connectivity index (χ3v) is 2.62. The van der Waals surface area contributed by atoms with Crippen molar-refractivity contribution in [2.45, 2.75) is 20.8 Å². The lowest BCUT2D eigenvalue weighted by molar-refractivity contribution is 0.100. The number of carbonyl (C=O) groups excluding carboxylic acids is 2. The van der Waals surface area contributed by atoms with E-state index in [0.29, 0.717) is 5.56 Å². The van der Waals surface area contributed by atoms with Crippen molar-refractivity contribution in [3.8, 4) is 0 Å². The van der Waals surface area contributed by atoms with Crippen molar-refractivity contribution in [3.05, 3.63) is 41.0 Å². The maximum absolute atomic E-state index is 11.4. The molecule has 1 aromatic rings. The van der Waals surface area contributed by atoms with Crippen LogP contribution in [0.3, 0.4) is 0 Å². The van der Waals surface area contributed by atoms with Crippen LogP contribution in [0.15, 0.2) is 23.7 Å². The molecule has 0 aromatic heterocycles. The van der Waals surface area contributed by atoms with Gasteiger partial charge in [0.05, 0.1) is 0 Å². The zero-order chi connectivity index (χ0) is 12.3. The molecule has 1 rings (SSSR count). The first kappa shape index (κ1) is 12.1. The summed E-state index contributed by atoms with van der Waals surface area (Å²) in [5.74, 6) is -0.552. The van der Waals surface area contributed by atoms with Crippen LogP contribution in [0.25, 0.3) is 5.57 Å². The highest BCUT2D eigenvalue weighted by molar-refractivity contribution is 5.99. The largest absolute Gasteiger partial charge is 0.288 e. The quantitative estimate of drug-likeness (QED) is 0.562. The van der Waals surface area contributed by atoms with E-state index in [1.165, 1.54) is 6.08 Å². The van der Waals surface area contributed by atoms with Gasteiger partial charge in [0.15, 0.2) is 0 Å². The van der Waals surface area contributed by atoms with E-state index in [4.69, 9.17) is 0 Å². The van der Waals surface area contributed by atoms with Crippen molar-refractivity contribution < 1.29 is 9.59 Å². The van der Waals surface area contributed by atoms with Crippen LogP contribution in [0, 0.1) is 13.8 Å². The second-order valence-electron chi connectivity index (χ2n) is 3.70. The first-order valence-corrected chi connectivity index (χ1v) is 4.87. The number of amides is 1. The lowest BCUT2D eigenvalue weighted by atomic mass is 9.94. The van der Waals surface area contributed by atoms with Crippen molar-refractivity contribution in [2.24, 2.45) is 4.99 Å². The number of nitrogens with zero attached hydrogens (tertiary/aromatic N) is 1. The Kier molecular flexibility index (Phi) is 3.54. The summed E-state index contributed by atoms with van der Waals surface area (Å²) in [4.78, 5) is 24.6. The zero-order valence-corrected chi connectivity index (χ0v) is 9.63. The lowest BCUT2D eigenvalue weighted by Crippen LogP contribution is -2.01. The molecule has 82 valence electrons. The normalized spacial score (nSPS) is 9.44. The minimum Gasteiger partial charge on any atom is -0.266 e. The molecule has 0 saturated heterocycles. The van der Waals surface area contributed by atoms with Gasteiger partial charge in [-0.15, -0.1) is 4.99 Å². The third-order valence-electron chi connectivity index (χ3n) is 2.62. The first-order chi connectivity index (χ1) is 7.49. The number of isocyanates is 1. The molecule has 0 heterocycles. The highest BCUT2D eigenvalue weighted by Crippen LogP contribution is 2.23. The average Bonchev–Trinajstić information content (AvgIpc) is 2.21. The minimum absolute atomic E-state index is 0.436. The summed E-state index contributed by atoms with van der Waals surface area (Å²) in [6.45, 7) is 9.52. The lowest BCUT2D eigenvalue weighted by Gasteiger charge is -2.10. The number of hydrogen-bond donors (Lipinski definition) is 0. The Hall–Kier alpha value is -1.99. The van der Waals surface area contributed by atoms with E-state index in [1.807, 2.05) is 26.8 Å². The molecule has 16 heavy (non-hydrogen) atoms. The van der Waals surface area contributed by atoms with Crippen LogP contribution in [0.2, 0.25) is 0 Å². The number of hydrogen-bond acceptors (Lipinski definition) is 2. The zero-order valence-electron chi connectivity index (χ0n) is 9.63. The molecular weight excluding hydrogens is 202 g/mol. The third kappa shape index (κ3) is 2.15. The van der Waals surface area contributed by atoms with Crippen LogP contribution in [0.4, 0.5) is 0 Å². The van der Waals surface area contributed by atoms with E-state index in [-0.39, 0.29) is 0 Å². The van der Waals surface area contributed by atoms with Gasteiger partial charge >= 0.3 is 0 Å². The van der Waals surface area contributed by atoms with Crippen molar-refractivity contribution in [1.29, 1.82) is 0 Å². The van der Waals surface area contributed by atoms with Crippen LogP contribution in [-0.4, -0.2) is 12.0 Å². The highest BCUT2D eigenvalue weighted by atomic mass is 16.2. The van der Waals surface area contributed by atoms with Gasteiger partial charge in [0.25, 0.3) is 5.91 Å². The van der Waals surface area contributed by atoms with Crippen molar-refractivity contribution in [2.75, 3.05) is 0 Å². The monoisotopic (exact) mass is 215 g/mol. The predicted molar refractivity (Wildman–Crippen MR) is 63.1 cm³/mol. The van der Waals surface area contributed by atoms with Crippen molar-refractivity contribution in [3.63, 3.8) is 0 Å². The number of allylic oxidation sites excluding steroid dienone is 1. The fraction of sp³-hybridized carbons (Fsp3) is 0.231. The van der Waals surface area contributed by atoms with E-state index >= 15 is 0 Å². The highest BCUT2D eigenvalue weighted by Gasteiger charge is 2.12. The maximum Gasteiger partial charge on any atom is 0.288 e. The van der Waals surface area contributed by atoms with Gasteiger partial charge in [0.1, 0.15) is 0 Å². The molecule has 0 aliphatic rings. The number of aliphatic imine (C=N–C) groups is 1. The predicted octanol–water partition coefficient (Wildman–Crippen LogP) is 2.81. The molecule has 3 heteroatoms. The topological polar surface area (TPSA) is 46.5 Å². The molecular formula is C13H13NO2. The SMILES string of the molecule is C=C(C)c1ccc(C(=O)N=C=O)c(C)c1C. The molecule has 1 amide bonds. The van der Waals surface area contributed by atoms with Crippen molar-refractivity contribution >= 4 is 17.6 Å². The Bertz CT molecular complexity index is 509. The van der Waals surface area contributed by atoms with Crippen LogP contribution in [0.1, 0.15) is 34.0 Å². The number of carbonyl (C=O) groups is 1. The molecule has 0 radical (unpaired) electrons. The summed E-state index contributed by atoms with van der Waals surface area (Å²) in [7, 11) is 0. The molecule has 0 aliphatic heterocycles. The van der Waals surface area contributed by atoms with Gasteiger partial charge in [-0.2, -0.15) is 0 Å². The number of benzene rings is 1. The maximum atomic E-state index is 11.4.